The van der Waals surface area contributed by atoms with Crippen molar-refractivity contribution in [2.75, 3.05) is 6.54 Å². The molecule has 3 aromatic rings. The van der Waals surface area contributed by atoms with Crippen LogP contribution < -0.4 is 0 Å². The van der Waals surface area contributed by atoms with E-state index in [1.807, 2.05) is 36.1 Å². The van der Waals surface area contributed by atoms with E-state index >= 15 is 8.78 Å². The summed E-state index contributed by atoms with van der Waals surface area (Å²) in [5, 5.41) is 9.81. The number of aromatic amines is 1. The van der Waals surface area contributed by atoms with Crippen molar-refractivity contribution in [3.8, 4) is 0 Å². The molecule has 1 unspecified atom stereocenters. The van der Waals surface area contributed by atoms with Gasteiger partial charge in [-0.3, -0.25) is 4.90 Å². The molecule has 5 rings (SSSR count). The summed E-state index contributed by atoms with van der Waals surface area (Å²) in [4.78, 5) is 16.0. The van der Waals surface area contributed by atoms with Crippen LogP contribution >= 0.6 is 0 Å². The first-order valence-electron chi connectivity index (χ1n) is 10.7. The Morgan fingerprint density at radius 1 is 1.25 bits per heavy atom. The molecule has 166 valence electrons. The number of carboxylic acids is 1. The summed E-state index contributed by atoms with van der Waals surface area (Å²) in [6.07, 6.45) is 3.53. The number of nitrogens with zero attached hydrogens (tertiary/aromatic N) is 1. The van der Waals surface area contributed by atoms with Crippen molar-refractivity contribution in [1.29, 1.82) is 0 Å². The minimum absolute atomic E-state index is 0.104. The first kappa shape index (κ1) is 20.8. The van der Waals surface area contributed by atoms with Crippen LogP contribution in [0.5, 0.6) is 0 Å². The Morgan fingerprint density at radius 3 is 2.59 bits per heavy atom. The normalized spacial score (nSPS) is 22.4. The van der Waals surface area contributed by atoms with Crippen molar-refractivity contribution in [2.24, 2.45) is 0 Å². The molecule has 0 bridgehead atoms. The van der Waals surface area contributed by atoms with Crippen molar-refractivity contribution < 1.29 is 23.1 Å². The maximum atomic E-state index is 15.4. The summed E-state index contributed by atoms with van der Waals surface area (Å²) in [7, 11) is 0. The zero-order valence-corrected chi connectivity index (χ0v) is 17.5. The van der Waals surface area contributed by atoms with Gasteiger partial charge >= 0.3 is 5.97 Å². The van der Waals surface area contributed by atoms with Gasteiger partial charge in [-0.15, -0.1) is 0 Å². The van der Waals surface area contributed by atoms with E-state index in [4.69, 9.17) is 5.11 Å². The van der Waals surface area contributed by atoms with E-state index in [1.54, 1.807) is 0 Å². The van der Waals surface area contributed by atoms with Gasteiger partial charge in [-0.25, -0.2) is 18.0 Å². The molecule has 2 atom stereocenters. The molecule has 2 N–H and O–H groups in total. The maximum absolute atomic E-state index is 15.4. The Morgan fingerprint density at radius 2 is 1.94 bits per heavy atom. The highest BCUT2D eigenvalue weighted by molar-refractivity contribution is 5.86. The number of fused-ring (bicyclic) bond motifs is 3. The van der Waals surface area contributed by atoms with Crippen molar-refractivity contribution in [3.05, 3.63) is 76.5 Å². The first-order valence-corrected chi connectivity index (χ1v) is 10.7. The summed E-state index contributed by atoms with van der Waals surface area (Å²) in [6, 6.07) is 9.04. The highest BCUT2D eigenvalue weighted by atomic mass is 19.1. The lowest BCUT2D eigenvalue weighted by atomic mass is 9.87. The lowest BCUT2D eigenvalue weighted by molar-refractivity contribution is -0.131. The third kappa shape index (κ3) is 3.60. The van der Waals surface area contributed by atoms with E-state index in [0.29, 0.717) is 25.0 Å². The smallest absolute Gasteiger partial charge is 0.328 e. The maximum Gasteiger partial charge on any atom is 0.328 e. The largest absolute Gasteiger partial charge is 0.478 e. The second-order valence-corrected chi connectivity index (χ2v) is 8.91. The molecule has 7 heteroatoms. The van der Waals surface area contributed by atoms with E-state index in [2.05, 4.69) is 4.98 Å². The van der Waals surface area contributed by atoms with Gasteiger partial charge < -0.3 is 10.1 Å². The molecule has 1 aliphatic heterocycles. The van der Waals surface area contributed by atoms with Gasteiger partial charge in [-0.2, -0.15) is 0 Å². The third-order valence-corrected chi connectivity index (χ3v) is 6.57. The summed E-state index contributed by atoms with van der Waals surface area (Å²) >= 11 is 0. The Hall–Kier alpha value is -3.06. The zero-order valence-electron chi connectivity index (χ0n) is 17.5. The molecule has 2 aromatic carbocycles. The SMILES string of the molecule is C[C@@H]1Cc2c([nH]c3ccccc23)C(c2c(F)cc(/C=C/C(=O)O)cc2F)N1CC1(F)CC1. The fraction of sp³-hybridized carbons (Fsp3) is 0.320. The van der Waals surface area contributed by atoms with Crippen LogP contribution in [0.15, 0.2) is 42.5 Å². The average molecular weight is 440 g/mol. The molecule has 4 nitrogen and oxygen atoms in total. The topological polar surface area (TPSA) is 56.3 Å². The fourth-order valence-electron chi connectivity index (χ4n) is 4.81. The number of rotatable bonds is 5. The number of alkyl halides is 1. The van der Waals surface area contributed by atoms with E-state index in [0.717, 1.165) is 40.8 Å². The van der Waals surface area contributed by atoms with E-state index in [-0.39, 0.29) is 23.7 Å². The number of H-pyrrole nitrogens is 1. The predicted octanol–water partition coefficient (Wildman–Crippen LogP) is 5.38. The first-order chi connectivity index (χ1) is 15.3. The van der Waals surface area contributed by atoms with Crippen LogP contribution in [0, 0.1) is 11.6 Å². The number of hydrogen-bond donors (Lipinski definition) is 2. The molecular formula is C25H23F3N2O2. The van der Waals surface area contributed by atoms with Gasteiger partial charge in [0.2, 0.25) is 0 Å². The van der Waals surface area contributed by atoms with Crippen molar-refractivity contribution in [1.82, 2.24) is 9.88 Å². The number of aromatic nitrogens is 1. The Labute approximate surface area is 183 Å². The number of para-hydroxylation sites is 1. The molecule has 32 heavy (non-hydrogen) atoms. The minimum atomic E-state index is -1.33. The fourth-order valence-corrected chi connectivity index (χ4v) is 4.81. The molecule has 1 saturated carbocycles. The highest BCUT2D eigenvalue weighted by Gasteiger charge is 2.49. The number of benzene rings is 2. The molecule has 0 spiro atoms. The van der Waals surface area contributed by atoms with Crippen molar-refractivity contribution in [3.63, 3.8) is 0 Å². The minimum Gasteiger partial charge on any atom is -0.478 e. The quantitative estimate of drug-likeness (QED) is 0.524. The van der Waals surface area contributed by atoms with Crippen LogP contribution in [0.25, 0.3) is 17.0 Å². The van der Waals surface area contributed by atoms with Crippen LogP contribution in [-0.2, 0) is 11.2 Å². The molecular weight excluding hydrogens is 417 g/mol. The Bertz CT molecular complexity index is 1220. The summed E-state index contributed by atoms with van der Waals surface area (Å²) in [6.45, 7) is 2.07. The van der Waals surface area contributed by atoms with Gasteiger partial charge in [-0.1, -0.05) is 18.2 Å². The molecule has 0 radical (unpaired) electrons. The van der Waals surface area contributed by atoms with Gasteiger partial charge in [-0.05, 0) is 61.6 Å². The number of carboxylic acid groups (broad SMARTS) is 1. The third-order valence-electron chi connectivity index (χ3n) is 6.57. The van der Waals surface area contributed by atoms with Gasteiger partial charge in [0.05, 0.1) is 6.04 Å². The molecule has 1 aromatic heterocycles. The van der Waals surface area contributed by atoms with Crippen LogP contribution in [-0.4, -0.2) is 39.2 Å². The van der Waals surface area contributed by atoms with Gasteiger partial charge in [0.15, 0.2) is 0 Å². The number of hydrogen-bond acceptors (Lipinski definition) is 2. The summed E-state index contributed by atoms with van der Waals surface area (Å²) in [5.74, 6) is -2.78. The Balaban J connectivity index is 1.68. The predicted molar refractivity (Wildman–Crippen MR) is 116 cm³/mol. The molecule has 0 amide bonds. The monoisotopic (exact) mass is 440 g/mol. The van der Waals surface area contributed by atoms with E-state index in [9.17, 15) is 9.18 Å². The van der Waals surface area contributed by atoms with Crippen LogP contribution in [0.4, 0.5) is 13.2 Å². The van der Waals surface area contributed by atoms with E-state index < -0.39 is 29.3 Å². The molecule has 1 aliphatic carbocycles. The van der Waals surface area contributed by atoms with E-state index in [1.165, 1.54) is 0 Å². The average Bonchev–Trinajstić information content (AvgIpc) is 3.35. The molecule has 1 fully saturated rings. The lowest BCUT2D eigenvalue weighted by Gasteiger charge is -2.42. The van der Waals surface area contributed by atoms with Crippen LogP contribution in [0.1, 0.15) is 48.2 Å². The highest BCUT2D eigenvalue weighted by Crippen LogP contribution is 2.47. The van der Waals surface area contributed by atoms with Crippen LogP contribution in [0.2, 0.25) is 0 Å². The number of carbonyl (C=O) groups is 1. The molecule has 2 heterocycles. The summed E-state index contributed by atoms with van der Waals surface area (Å²) in [5.41, 5.74) is 1.18. The van der Waals surface area contributed by atoms with Crippen molar-refractivity contribution in [2.45, 2.75) is 43.9 Å². The standard InChI is InChI=1S/C25H23F3N2O2/c1-14-10-17-16-4-2-3-5-20(16)29-23(17)24(30(14)13-25(28)8-9-25)22-18(26)11-15(12-19(22)27)6-7-21(31)32/h2-7,11-12,14,24,29H,8-10,13H2,1H3,(H,31,32)/b7-6+/t14-,24?/m1/s1. The van der Waals surface area contributed by atoms with Gasteiger partial charge in [0.1, 0.15) is 17.3 Å². The van der Waals surface area contributed by atoms with Gasteiger partial charge in [0.25, 0.3) is 0 Å². The van der Waals surface area contributed by atoms with Crippen LogP contribution in [0.3, 0.4) is 0 Å². The Kier molecular flexibility index (Phi) is 4.89. The van der Waals surface area contributed by atoms with Gasteiger partial charge in [0, 0.05) is 40.8 Å². The lowest BCUT2D eigenvalue weighted by Crippen LogP contribution is -2.46. The van der Waals surface area contributed by atoms with Crippen molar-refractivity contribution >= 4 is 22.9 Å². The second-order valence-electron chi connectivity index (χ2n) is 8.91. The molecule has 2 aliphatic rings. The zero-order chi connectivity index (χ0) is 22.6. The summed E-state index contributed by atoms with van der Waals surface area (Å²) < 4.78 is 45.6. The number of aliphatic carboxylic acids is 1. The molecule has 0 saturated heterocycles. The number of nitrogens with one attached hydrogen (secondary N) is 1. The second kappa shape index (κ2) is 7.52. The number of halogens is 3.